The van der Waals surface area contributed by atoms with Gasteiger partial charge in [-0.25, -0.2) is 4.98 Å². The number of hydrogen-bond donors (Lipinski definition) is 1. The summed E-state index contributed by atoms with van der Waals surface area (Å²) in [6.07, 6.45) is 1.42. The molecule has 1 amide bonds. The maximum absolute atomic E-state index is 12.5. The molecule has 0 spiro atoms. The summed E-state index contributed by atoms with van der Waals surface area (Å²) in [5.41, 5.74) is 2.59. The fourth-order valence-corrected chi connectivity index (χ4v) is 3.88. The molecule has 4 aromatic rings. The fourth-order valence-electron chi connectivity index (χ4n) is 3.69. The Kier molecular flexibility index (Phi) is 7.47. The predicted octanol–water partition coefficient (Wildman–Crippen LogP) is 5.14. The van der Waals surface area contributed by atoms with Crippen molar-refractivity contribution in [2.45, 2.75) is 19.4 Å². The lowest BCUT2D eigenvalue weighted by Crippen LogP contribution is -2.26. The minimum Gasteiger partial charge on any atom is -0.497 e. The Morgan fingerprint density at radius 1 is 1.06 bits per heavy atom. The quantitative estimate of drug-likeness (QED) is 0.331. The van der Waals surface area contributed by atoms with Gasteiger partial charge in [0.15, 0.2) is 0 Å². The van der Waals surface area contributed by atoms with Crippen LogP contribution in [0.25, 0.3) is 11.0 Å². The summed E-state index contributed by atoms with van der Waals surface area (Å²) in [7, 11) is 1.58. The highest BCUT2D eigenvalue weighted by Gasteiger charge is 2.12. The number of para-hydroxylation sites is 3. The molecule has 170 valence electrons. The zero-order valence-electron chi connectivity index (χ0n) is 18.5. The van der Waals surface area contributed by atoms with E-state index in [1.165, 1.54) is 0 Å². The van der Waals surface area contributed by atoms with Crippen LogP contribution >= 0.6 is 11.6 Å². The Balaban J connectivity index is 1.38. The van der Waals surface area contributed by atoms with Crippen LogP contribution in [0.5, 0.6) is 11.5 Å². The minimum atomic E-state index is -0.135. The Bertz CT molecular complexity index is 1240. The van der Waals surface area contributed by atoms with Crippen molar-refractivity contribution in [3.8, 4) is 11.5 Å². The molecule has 4 rings (SSSR count). The number of halogens is 1. The number of imidazole rings is 1. The van der Waals surface area contributed by atoms with Crippen LogP contribution in [0.2, 0.25) is 5.02 Å². The van der Waals surface area contributed by atoms with Gasteiger partial charge in [0.1, 0.15) is 17.3 Å². The molecule has 0 unspecified atom stereocenters. The van der Waals surface area contributed by atoms with Crippen molar-refractivity contribution >= 4 is 28.5 Å². The molecule has 0 bridgehead atoms. The second-order valence-electron chi connectivity index (χ2n) is 7.54. The van der Waals surface area contributed by atoms with Gasteiger partial charge in [-0.3, -0.25) is 4.79 Å². The van der Waals surface area contributed by atoms with Crippen molar-refractivity contribution < 1.29 is 14.3 Å². The highest BCUT2D eigenvalue weighted by molar-refractivity contribution is 6.32. The molecule has 33 heavy (non-hydrogen) atoms. The summed E-state index contributed by atoms with van der Waals surface area (Å²) in [5, 5.41) is 3.59. The SMILES string of the molecule is COc1cccc(C(=O)NCCc2nc3ccccc3n2CCCOc2ccccc2Cl)c1. The van der Waals surface area contributed by atoms with Crippen molar-refractivity contribution in [1.82, 2.24) is 14.9 Å². The maximum Gasteiger partial charge on any atom is 0.251 e. The van der Waals surface area contributed by atoms with E-state index in [1.54, 1.807) is 25.3 Å². The molecule has 7 heteroatoms. The lowest BCUT2D eigenvalue weighted by molar-refractivity contribution is 0.0953. The van der Waals surface area contributed by atoms with Crippen LogP contribution in [0.1, 0.15) is 22.6 Å². The maximum atomic E-state index is 12.5. The summed E-state index contributed by atoms with van der Waals surface area (Å²) in [4.78, 5) is 17.3. The summed E-state index contributed by atoms with van der Waals surface area (Å²) in [6, 6.07) is 22.6. The van der Waals surface area contributed by atoms with Crippen LogP contribution in [0.3, 0.4) is 0 Å². The number of methoxy groups -OCH3 is 1. The number of amides is 1. The number of hydrogen-bond acceptors (Lipinski definition) is 4. The van der Waals surface area contributed by atoms with Crippen molar-refractivity contribution in [1.29, 1.82) is 0 Å². The lowest BCUT2D eigenvalue weighted by atomic mass is 10.2. The summed E-state index contributed by atoms with van der Waals surface area (Å²) in [5.74, 6) is 2.14. The van der Waals surface area contributed by atoms with Gasteiger partial charge in [-0.1, -0.05) is 41.9 Å². The number of carbonyl (C=O) groups excluding carboxylic acids is 1. The Labute approximate surface area is 198 Å². The normalized spacial score (nSPS) is 10.8. The number of fused-ring (bicyclic) bond motifs is 1. The molecule has 3 aromatic carbocycles. The van der Waals surface area contributed by atoms with Crippen LogP contribution in [0, 0.1) is 0 Å². The number of rotatable bonds is 10. The van der Waals surface area contributed by atoms with Gasteiger partial charge in [-0.05, 0) is 48.9 Å². The Morgan fingerprint density at radius 2 is 1.88 bits per heavy atom. The molecule has 0 fully saturated rings. The van der Waals surface area contributed by atoms with E-state index >= 15 is 0 Å². The number of nitrogens with one attached hydrogen (secondary N) is 1. The van der Waals surface area contributed by atoms with Gasteiger partial charge in [-0.15, -0.1) is 0 Å². The number of aryl methyl sites for hydroxylation is 1. The van der Waals surface area contributed by atoms with Gasteiger partial charge in [0.25, 0.3) is 5.91 Å². The number of aromatic nitrogens is 2. The molecular formula is C26H26ClN3O3. The van der Waals surface area contributed by atoms with Crippen LogP contribution in [0.15, 0.2) is 72.8 Å². The smallest absolute Gasteiger partial charge is 0.251 e. The van der Waals surface area contributed by atoms with Gasteiger partial charge in [-0.2, -0.15) is 0 Å². The van der Waals surface area contributed by atoms with E-state index in [1.807, 2.05) is 48.5 Å². The van der Waals surface area contributed by atoms with E-state index < -0.39 is 0 Å². The van der Waals surface area contributed by atoms with Crippen LogP contribution in [-0.2, 0) is 13.0 Å². The molecule has 0 saturated carbocycles. The van der Waals surface area contributed by atoms with E-state index in [0.29, 0.717) is 41.7 Å². The molecule has 1 N–H and O–H groups in total. The van der Waals surface area contributed by atoms with Crippen molar-refractivity contribution in [2.24, 2.45) is 0 Å². The van der Waals surface area contributed by atoms with Crippen LogP contribution in [-0.4, -0.2) is 35.7 Å². The second kappa shape index (κ2) is 10.9. The van der Waals surface area contributed by atoms with Gasteiger partial charge in [0, 0.05) is 25.1 Å². The number of benzene rings is 3. The van der Waals surface area contributed by atoms with E-state index in [4.69, 9.17) is 26.1 Å². The third kappa shape index (κ3) is 5.65. The van der Waals surface area contributed by atoms with Crippen LogP contribution in [0.4, 0.5) is 0 Å². The van der Waals surface area contributed by atoms with Crippen LogP contribution < -0.4 is 14.8 Å². The zero-order chi connectivity index (χ0) is 23.0. The Hall–Kier alpha value is -3.51. The summed E-state index contributed by atoms with van der Waals surface area (Å²) < 4.78 is 13.2. The average Bonchev–Trinajstić information content (AvgIpc) is 3.20. The first-order valence-electron chi connectivity index (χ1n) is 10.9. The highest BCUT2D eigenvalue weighted by atomic mass is 35.5. The first-order chi connectivity index (χ1) is 16.2. The van der Waals surface area contributed by atoms with E-state index in [9.17, 15) is 4.79 Å². The number of carbonyl (C=O) groups is 1. The first kappa shape index (κ1) is 22.7. The molecule has 1 aromatic heterocycles. The molecule has 1 heterocycles. The monoisotopic (exact) mass is 463 g/mol. The minimum absolute atomic E-state index is 0.135. The van der Waals surface area contributed by atoms with E-state index in [0.717, 1.165) is 29.8 Å². The van der Waals surface area contributed by atoms with Crippen molar-refractivity contribution in [3.63, 3.8) is 0 Å². The summed E-state index contributed by atoms with van der Waals surface area (Å²) >= 11 is 6.17. The first-order valence-corrected chi connectivity index (χ1v) is 11.3. The molecule has 0 aliphatic rings. The third-order valence-corrected chi connectivity index (χ3v) is 5.63. The second-order valence-corrected chi connectivity index (χ2v) is 7.95. The van der Waals surface area contributed by atoms with Crippen molar-refractivity contribution in [3.05, 3.63) is 89.2 Å². The van der Waals surface area contributed by atoms with Gasteiger partial charge < -0.3 is 19.4 Å². The largest absolute Gasteiger partial charge is 0.497 e. The molecule has 0 atom stereocenters. The summed E-state index contributed by atoms with van der Waals surface area (Å²) in [6.45, 7) is 1.78. The topological polar surface area (TPSA) is 65.4 Å². The zero-order valence-corrected chi connectivity index (χ0v) is 19.2. The number of ether oxygens (including phenoxy) is 2. The average molecular weight is 464 g/mol. The molecular weight excluding hydrogens is 438 g/mol. The molecule has 0 radical (unpaired) electrons. The highest BCUT2D eigenvalue weighted by Crippen LogP contribution is 2.23. The Morgan fingerprint density at radius 3 is 2.73 bits per heavy atom. The molecule has 0 saturated heterocycles. The predicted molar refractivity (Wildman–Crippen MR) is 130 cm³/mol. The van der Waals surface area contributed by atoms with E-state index in [2.05, 4.69) is 16.0 Å². The van der Waals surface area contributed by atoms with Crippen molar-refractivity contribution in [2.75, 3.05) is 20.3 Å². The molecule has 0 aliphatic carbocycles. The van der Waals surface area contributed by atoms with Gasteiger partial charge >= 0.3 is 0 Å². The lowest BCUT2D eigenvalue weighted by Gasteiger charge is -2.12. The number of nitrogens with zero attached hydrogens (tertiary/aromatic N) is 2. The van der Waals surface area contributed by atoms with E-state index in [-0.39, 0.29) is 5.91 Å². The van der Waals surface area contributed by atoms with Gasteiger partial charge in [0.2, 0.25) is 0 Å². The van der Waals surface area contributed by atoms with Gasteiger partial charge in [0.05, 0.1) is 29.8 Å². The fraction of sp³-hybridized carbons (Fsp3) is 0.231. The standard InChI is InChI=1S/C26H26ClN3O3/c1-32-20-9-6-8-19(18-20)26(31)28-15-14-25-29-22-11-3-4-12-23(22)30(25)16-7-17-33-24-13-5-2-10-21(24)27/h2-6,8-13,18H,7,14-17H2,1H3,(H,28,31). The molecule has 6 nitrogen and oxygen atoms in total. The molecule has 0 aliphatic heterocycles. The third-order valence-electron chi connectivity index (χ3n) is 5.32.